The Morgan fingerprint density at radius 3 is 2.05 bits per heavy atom. The normalized spacial score (nSPS) is 11.0. The molecule has 4 nitrogen and oxygen atoms in total. The first kappa shape index (κ1) is 14.8. The van der Waals surface area contributed by atoms with Crippen molar-refractivity contribution in [2.24, 2.45) is 0 Å². The number of hydrogen-bond acceptors (Lipinski definition) is 2. The van der Waals surface area contributed by atoms with Crippen molar-refractivity contribution in [1.29, 1.82) is 0 Å². The molecule has 2 rings (SSSR count). The summed E-state index contributed by atoms with van der Waals surface area (Å²) in [4.78, 5) is 23.2. The Morgan fingerprint density at radius 2 is 1.52 bits per heavy atom. The van der Waals surface area contributed by atoms with E-state index in [0.29, 0.717) is 5.69 Å². The number of carbonyl (C=O) groups is 2. The van der Waals surface area contributed by atoms with Gasteiger partial charge in [-0.15, -0.1) is 0 Å². The van der Waals surface area contributed by atoms with Gasteiger partial charge in [0, 0.05) is 5.69 Å². The van der Waals surface area contributed by atoms with Crippen LogP contribution in [0.15, 0.2) is 54.6 Å². The summed E-state index contributed by atoms with van der Waals surface area (Å²) in [6.45, 7) is 3.70. The van der Waals surface area contributed by atoms with Crippen LogP contribution in [0.1, 0.15) is 29.8 Å². The van der Waals surface area contributed by atoms with Crippen LogP contribution in [0, 0.1) is 0 Å². The van der Waals surface area contributed by atoms with Crippen molar-refractivity contribution in [1.82, 2.24) is 0 Å². The van der Waals surface area contributed by atoms with Crippen LogP contribution < -0.4 is 5.32 Å². The summed E-state index contributed by atoms with van der Waals surface area (Å²) in [5, 5.41) is 11.7. The lowest BCUT2D eigenvalue weighted by Crippen LogP contribution is -2.34. The lowest BCUT2D eigenvalue weighted by atomic mass is 9.83. The van der Waals surface area contributed by atoms with Crippen molar-refractivity contribution in [2.45, 2.75) is 19.3 Å². The number of hydrogen-bond donors (Lipinski definition) is 2. The molecule has 2 aromatic carbocycles. The van der Waals surface area contributed by atoms with E-state index in [-0.39, 0.29) is 11.5 Å². The van der Waals surface area contributed by atoms with Crippen molar-refractivity contribution in [2.75, 3.05) is 5.32 Å². The topological polar surface area (TPSA) is 66.4 Å². The predicted octanol–water partition coefficient (Wildman–Crippen LogP) is 3.30. The number of aromatic carboxylic acids is 1. The molecule has 2 N–H and O–H groups in total. The van der Waals surface area contributed by atoms with Crippen LogP contribution in [-0.4, -0.2) is 17.0 Å². The van der Waals surface area contributed by atoms with Gasteiger partial charge in [0.25, 0.3) is 0 Å². The van der Waals surface area contributed by atoms with Gasteiger partial charge >= 0.3 is 5.97 Å². The van der Waals surface area contributed by atoms with Gasteiger partial charge < -0.3 is 10.4 Å². The summed E-state index contributed by atoms with van der Waals surface area (Å²) in [5.74, 6) is -1.13. The summed E-state index contributed by atoms with van der Waals surface area (Å²) in [6, 6.07) is 15.6. The predicted molar refractivity (Wildman–Crippen MR) is 81.5 cm³/mol. The molecule has 2 aromatic rings. The summed E-state index contributed by atoms with van der Waals surface area (Å²) in [5.41, 5.74) is 1.01. The number of nitrogens with one attached hydrogen (secondary N) is 1. The maximum absolute atomic E-state index is 12.4. The SMILES string of the molecule is CC(C)(C(=O)Nc1ccc(C(=O)O)cc1)c1ccccc1. The highest BCUT2D eigenvalue weighted by molar-refractivity contribution is 5.99. The molecule has 0 unspecified atom stereocenters. The molecule has 108 valence electrons. The van der Waals surface area contributed by atoms with Crippen LogP contribution in [0.3, 0.4) is 0 Å². The third kappa shape index (κ3) is 3.28. The van der Waals surface area contributed by atoms with Gasteiger partial charge in [0.1, 0.15) is 0 Å². The Balaban J connectivity index is 2.15. The Labute approximate surface area is 123 Å². The maximum Gasteiger partial charge on any atom is 0.335 e. The number of benzene rings is 2. The van der Waals surface area contributed by atoms with Crippen molar-refractivity contribution in [3.8, 4) is 0 Å². The lowest BCUT2D eigenvalue weighted by molar-refractivity contribution is -0.120. The molecule has 0 spiro atoms. The number of amides is 1. The van der Waals surface area contributed by atoms with Crippen molar-refractivity contribution < 1.29 is 14.7 Å². The van der Waals surface area contributed by atoms with E-state index >= 15 is 0 Å². The maximum atomic E-state index is 12.4. The number of rotatable bonds is 4. The minimum Gasteiger partial charge on any atom is -0.478 e. The second kappa shape index (κ2) is 5.79. The second-order valence-electron chi connectivity index (χ2n) is 5.33. The van der Waals surface area contributed by atoms with Crippen LogP contribution >= 0.6 is 0 Å². The first-order chi connectivity index (χ1) is 9.91. The standard InChI is InChI=1S/C17H17NO3/c1-17(2,13-6-4-3-5-7-13)16(21)18-14-10-8-12(9-11-14)15(19)20/h3-11H,1-2H3,(H,18,21)(H,19,20). The Morgan fingerprint density at radius 1 is 0.952 bits per heavy atom. The van der Waals surface area contributed by atoms with Crippen LogP contribution in [0.5, 0.6) is 0 Å². The quantitative estimate of drug-likeness (QED) is 0.904. The second-order valence-corrected chi connectivity index (χ2v) is 5.33. The minimum absolute atomic E-state index is 0.142. The van der Waals surface area contributed by atoms with Gasteiger partial charge in [0.2, 0.25) is 5.91 Å². The van der Waals surface area contributed by atoms with Crippen molar-refractivity contribution in [3.05, 3.63) is 65.7 Å². The smallest absolute Gasteiger partial charge is 0.335 e. The van der Waals surface area contributed by atoms with Crippen molar-refractivity contribution in [3.63, 3.8) is 0 Å². The Hall–Kier alpha value is -2.62. The van der Waals surface area contributed by atoms with Gasteiger partial charge in [-0.1, -0.05) is 30.3 Å². The van der Waals surface area contributed by atoms with Gasteiger partial charge in [-0.05, 0) is 43.7 Å². The van der Waals surface area contributed by atoms with Gasteiger partial charge in [-0.25, -0.2) is 4.79 Å². The van der Waals surface area contributed by atoms with E-state index in [0.717, 1.165) is 5.56 Å². The summed E-state index contributed by atoms with van der Waals surface area (Å²) in [6.07, 6.45) is 0. The zero-order chi connectivity index (χ0) is 15.5. The molecule has 0 fully saturated rings. The molecule has 0 aromatic heterocycles. The zero-order valence-electron chi connectivity index (χ0n) is 12.0. The fourth-order valence-corrected chi connectivity index (χ4v) is 1.97. The third-order valence-electron chi connectivity index (χ3n) is 3.45. The highest BCUT2D eigenvalue weighted by atomic mass is 16.4. The summed E-state index contributed by atoms with van der Waals surface area (Å²) < 4.78 is 0. The van der Waals surface area contributed by atoms with E-state index in [9.17, 15) is 9.59 Å². The van der Waals surface area contributed by atoms with E-state index in [1.54, 1.807) is 12.1 Å². The number of carboxylic acids is 1. The number of carbonyl (C=O) groups excluding carboxylic acids is 1. The molecule has 0 aliphatic heterocycles. The molecule has 0 radical (unpaired) electrons. The molecule has 0 aliphatic carbocycles. The summed E-state index contributed by atoms with van der Waals surface area (Å²) >= 11 is 0. The highest BCUT2D eigenvalue weighted by Crippen LogP contribution is 2.25. The minimum atomic E-state index is -0.988. The lowest BCUT2D eigenvalue weighted by Gasteiger charge is -2.24. The van der Waals surface area contributed by atoms with Gasteiger partial charge in [0.15, 0.2) is 0 Å². The molecule has 0 heterocycles. The molecule has 0 saturated carbocycles. The fourth-order valence-electron chi connectivity index (χ4n) is 1.97. The summed E-state index contributed by atoms with van der Waals surface area (Å²) in [7, 11) is 0. The molecule has 4 heteroatoms. The van der Waals surface area contributed by atoms with E-state index in [1.807, 2.05) is 44.2 Å². The van der Waals surface area contributed by atoms with Gasteiger partial charge in [-0.2, -0.15) is 0 Å². The van der Waals surface area contributed by atoms with E-state index in [2.05, 4.69) is 5.32 Å². The first-order valence-corrected chi connectivity index (χ1v) is 6.61. The van der Waals surface area contributed by atoms with Gasteiger partial charge in [0.05, 0.1) is 11.0 Å². The number of anilines is 1. The van der Waals surface area contributed by atoms with E-state index < -0.39 is 11.4 Å². The average Bonchev–Trinajstić information content (AvgIpc) is 2.48. The van der Waals surface area contributed by atoms with E-state index in [4.69, 9.17) is 5.11 Å². The van der Waals surface area contributed by atoms with Gasteiger partial charge in [-0.3, -0.25) is 4.79 Å². The molecule has 0 aliphatic rings. The average molecular weight is 283 g/mol. The molecule has 0 saturated heterocycles. The fraction of sp³-hybridized carbons (Fsp3) is 0.176. The molecule has 0 bridgehead atoms. The van der Waals surface area contributed by atoms with Crippen molar-refractivity contribution >= 4 is 17.6 Å². The van der Waals surface area contributed by atoms with Crippen LogP contribution in [-0.2, 0) is 10.2 Å². The van der Waals surface area contributed by atoms with Crippen LogP contribution in [0.2, 0.25) is 0 Å². The first-order valence-electron chi connectivity index (χ1n) is 6.61. The molecule has 0 atom stereocenters. The molecular formula is C17H17NO3. The molecule has 21 heavy (non-hydrogen) atoms. The molecular weight excluding hydrogens is 266 g/mol. The van der Waals surface area contributed by atoms with Crippen LogP contribution in [0.4, 0.5) is 5.69 Å². The van der Waals surface area contributed by atoms with E-state index in [1.165, 1.54) is 12.1 Å². The number of carboxylic acid groups (broad SMARTS) is 1. The highest BCUT2D eigenvalue weighted by Gasteiger charge is 2.29. The molecule has 1 amide bonds. The monoisotopic (exact) mass is 283 g/mol. The largest absolute Gasteiger partial charge is 0.478 e. The third-order valence-corrected chi connectivity index (χ3v) is 3.45. The van der Waals surface area contributed by atoms with Crippen LogP contribution in [0.25, 0.3) is 0 Å². The zero-order valence-corrected chi connectivity index (χ0v) is 12.0. The Kier molecular flexibility index (Phi) is 4.08. The Bertz CT molecular complexity index is 645.